The van der Waals surface area contributed by atoms with Crippen LogP contribution in [0.15, 0.2) is 97.5 Å². The molecule has 3 amide bonds. The average molecular weight is 796 g/mol. The molecule has 2 saturated heterocycles. The van der Waals surface area contributed by atoms with Crippen molar-refractivity contribution in [3.63, 3.8) is 0 Å². The summed E-state index contributed by atoms with van der Waals surface area (Å²) in [6.07, 6.45) is 6.32. The average Bonchev–Trinajstić information content (AvgIpc) is 4.12. The number of ether oxygens (including phenoxy) is 1. The number of likely N-dealkylation sites (N-methyl/N-ethyl adjacent to an activating group) is 1. The van der Waals surface area contributed by atoms with Gasteiger partial charge < -0.3 is 30.2 Å². The third-order valence-electron chi connectivity index (χ3n) is 11.5. The molecule has 2 fully saturated rings. The van der Waals surface area contributed by atoms with Crippen molar-refractivity contribution >= 4 is 17.9 Å². The maximum absolute atomic E-state index is 14.2. The largest absolute Gasteiger partial charge is 0.436 e. The Morgan fingerprint density at radius 1 is 0.746 bits per heavy atom. The summed E-state index contributed by atoms with van der Waals surface area (Å²) in [4.78, 5) is 61.8. The predicted octanol–water partition coefficient (Wildman–Crippen LogP) is 6.37. The van der Waals surface area contributed by atoms with Crippen LogP contribution in [0.5, 0.6) is 0 Å². The van der Waals surface area contributed by atoms with E-state index in [1.807, 2.05) is 53.6 Å². The monoisotopic (exact) mass is 795 g/mol. The third-order valence-corrected chi connectivity index (χ3v) is 11.5. The second-order valence-electron chi connectivity index (χ2n) is 15.0. The zero-order valence-corrected chi connectivity index (χ0v) is 33.3. The summed E-state index contributed by atoms with van der Waals surface area (Å²) in [5.41, 5.74) is 12.6. The molecule has 0 spiro atoms. The van der Waals surface area contributed by atoms with Crippen molar-refractivity contribution in [1.29, 1.82) is 0 Å². The number of hydrogen-bond donors (Lipinski definition) is 4. The van der Waals surface area contributed by atoms with Crippen LogP contribution in [-0.4, -0.2) is 100 Å². The highest BCUT2D eigenvalue weighted by Gasteiger charge is 2.39. The van der Waals surface area contributed by atoms with Crippen LogP contribution in [0, 0.1) is 0 Å². The number of primary amides is 1. The number of amides is 3. The van der Waals surface area contributed by atoms with Crippen molar-refractivity contribution in [3.8, 4) is 33.6 Å². The van der Waals surface area contributed by atoms with Gasteiger partial charge in [0, 0.05) is 19.5 Å². The molecule has 4 atom stereocenters. The zero-order chi connectivity index (χ0) is 40.9. The van der Waals surface area contributed by atoms with Crippen LogP contribution in [0.25, 0.3) is 33.6 Å². The van der Waals surface area contributed by atoms with Gasteiger partial charge in [0.2, 0.25) is 5.91 Å². The second-order valence-corrected chi connectivity index (χ2v) is 15.0. The standard InChI is InChI=1S/C44H49N11O4/c1-3-53(4-2)39(32-10-6-5-7-11-32)43(57)55-23-9-13-37(55)41-47-27-35(50-41)31-20-16-29(17-21-31)28-14-18-30(19-15-28)34-26-46-40(49-34)36-12-8-22-54(36)42(56)38(59-44(45)58)24-33-25-48-52-51-33/h5-7,10-11,14-21,25-27,36-39H,3-4,8-9,12-13,22-24H2,1-2H3,(H2,45,58)(H,46,49)(H,47,50)(H,48,51,52)/t36-,37?,38-,39?/m0/s1. The SMILES string of the molecule is CCN(CC)C(C(=O)N1CCCC1c1ncc(-c2ccc(-c3ccc(-c4cnc([C@@H]5CCCN5C(=O)[C@H](Cc5cn[nH]n5)OC(N)=O)[nH]4)cc3)cc2)[nH]1)c1ccccc1. The van der Waals surface area contributed by atoms with Crippen LogP contribution in [0.2, 0.25) is 0 Å². The van der Waals surface area contributed by atoms with Crippen LogP contribution < -0.4 is 5.73 Å². The molecule has 3 aromatic heterocycles. The summed E-state index contributed by atoms with van der Waals surface area (Å²) in [6.45, 7) is 6.99. The molecule has 6 aromatic rings. The van der Waals surface area contributed by atoms with E-state index < -0.39 is 12.2 Å². The number of nitrogens with two attached hydrogens (primary N) is 1. The van der Waals surface area contributed by atoms with Gasteiger partial charge >= 0.3 is 6.09 Å². The lowest BCUT2D eigenvalue weighted by atomic mass is 10.0. The van der Waals surface area contributed by atoms with Crippen molar-refractivity contribution in [1.82, 2.24) is 50.0 Å². The maximum Gasteiger partial charge on any atom is 0.405 e. The van der Waals surface area contributed by atoms with Gasteiger partial charge in [-0.15, -0.1) is 0 Å². The summed E-state index contributed by atoms with van der Waals surface area (Å²) >= 11 is 0. The number of benzene rings is 3. The number of aromatic amines is 3. The van der Waals surface area contributed by atoms with Crippen LogP contribution >= 0.6 is 0 Å². The number of nitrogens with one attached hydrogen (secondary N) is 3. The number of rotatable bonds is 14. The van der Waals surface area contributed by atoms with E-state index >= 15 is 0 Å². The third kappa shape index (κ3) is 8.37. The Morgan fingerprint density at radius 3 is 1.76 bits per heavy atom. The quantitative estimate of drug-likeness (QED) is 0.0969. The molecule has 5 N–H and O–H groups in total. The lowest BCUT2D eigenvalue weighted by Gasteiger charge is -2.34. The number of likely N-dealkylation sites (tertiary alicyclic amines) is 2. The number of H-pyrrole nitrogens is 3. The summed E-state index contributed by atoms with van der Waals surface area (Å²) in [5.74, 6) is 1.25. The van der Waals surface area contributed by atoms with Crippen molar-refractivity contribution in [2.75, 3.05) is 26.2 Å². The lowest BCUT2D eigenvalue weighted by Crippen LogP contribution is -2.43. The van der Waals surface area contributed by atoms with E-state index in [4.69, 9.17) is 15.5 Å². The van der Waals surface area contributed by atoms with Gasteiger partial charge in [-0.3, -0.25) is 14.5 Å². The first-order valence-corrected chi connectivity index (χ1v) is 20.3. The molecule has 5 heterocycles. The van der Waals surface area contributed by atoms with E-state index in [9.17, 15) is 14.4 Å². The van der Waals surface area contributed by atoms with Gasteiger partial charge in [-0.05, 0) is 66.6 Å². The summed E-state index contributed by atoms with van der Waals surface area (Å²) in [7, 11) is 0. The van der Waals surface area contributed by atoms with Gasteiger partial charge in [-0.2, -0.15) is 15.4 Å². The first-order chi connectivity index (χ1) is 28.8. The number of imidazole rings is 2. The molecular formula is C44H49N11O4. The minimum atomic E-state index is -1.12. The van der Waals surface area contributed by atoms with Gasteiger partial charge in [-0.25, -0.2) is 14.8 Å². The Balaban J connectivity index is 0.924. The molecular weight excluding hydrogens is 747 g/mol. The fourth-order valence-corrected chi connectivity index (χ4v) is 8.53. The van der Waals surface area contributed by atoms with E-state index in [0.717, 1.165) is 77.4 Å². The maximum atomic E-state index is 14.2. The molecule has 0 radical (unpaired) electrons. The van der Waals surface area contributed by atoms with Gasteiger partial charge in [0.1, 0.15) is 17.7 Å². The van der Waals surface area contributed by atoms with E-state index in [2.05, 4.69) is 85.5 Å². The fraction of sp³-hybridized carbons (Fsp3) is 0.341. The van der Waals surface area contributed by atoms with Crippen LogP contribution in [0.4, 0.5) is 4.79 Å². The molecule has 2 aliphatic rings. The van der Waals surface area contributed by atoms with Crippen molar-refractivity contribution in [2.24, 2.45) is 5.73 Å². The number of aromatic nitrogens is 7. The molecule has 0 saturated carbocycles. The summed E-state index contributed by atoms with van der Waals surface area (Å²) in [6, 6.07) is 26.0. The fourth-order valence-electron chi connectivity index (χ4n) is 8.53. The van der Waals surface area contributed by atoms with E-state index in [1.54, 1.807) is 11.1 Å². The van der Waals surface area contributed by atoms with E-state index in [-0.39, 0.29) is 36.4 Å². The van der Waals surface area contributed by atoms with Crippen molar-refractivity contribution in [3.05, 3.63) is 120 Å². The first kappa shape index (κ1) is 39.2. The summed E-state index contributed by atoms with van der Waals surface area (Å²) < 4.78 is 5.21. The second kappa shape index (κ2) is 17.5. The van der Waals surface area contributed by atoms with Crippen LogP contribution in [0.3, 0.4) is 0 Å². The molecule has 3 aromatic carbocycles. The Morgan fingerprint density at radius 2 is 1.27 bits per heavy atom. The van der Waals surface area contributed by atoms with Crippen LogP contribution in [0.1, 0.15) is 80.6 Å². The molecule has 59 heavy (non-hydrogen) atoms. The highest BCUT2D eigenvalue weighted by atomic mass is 16.6. The molecule has 0 bridgehead atoms. The van der Waals surface area contributed by atoms with Crippen molar-refractivity contribution < 1.29 is 19.1 Å². The topological polar surface area (TPSA) is 195 Å². The number of carbonyl (C=O) groups excluding carboxylic acids is 3. The predicted molar refractivity (Wildman–Crippen MR) is 221 cm³/mol. The van der Waals surface area contributed by atoms with Crippen molar-refractivity contribution in [2.45, 2.75) is 70.2 Å². The highest BCUT2D eigenvalue weighted by molar-refractivity contribution is 5.85. The smallest absolute Gasteiger partial charge is 0.405 e. The molecule has 0 aliphatic carbocycles. The molecule has 304 valence electrons. The van der Waals surface area contributed by atoms with Crippen LogP contribution in [-0.2, 0) is 20.7 Å². The number of hydrogen-bond acceptors (Lipinski definition) is 9. The minimum absolute atomic E-state index is 0.0559. The molecule has 15 nitrogen and oxygen atoms in total. The van der Waals surface area contributed by atoms with Gasteiger partial charge in [0.15, 0.2) is 6.10 Å². The number of carbonyl (C=O) groups is 3. The molecule has 15 heteroatoms. The Labute approximate surface area is 342 Å². The highest BCUT2D eigenvalue weighted by Crippen LogP contribution is 2.37. The van der Waals surface area contributed by atoms with Gasteiger partial charge in [0.25, 0.3) is 5.91 Å². The Hall–Kier alpha value is -6.61. The molecule has 8 rings (SSSR count). The number of nitrogens with zero attached hydrogens (tertiary/aromatic N) is 7. The van der Waals surface area contributed by atoms with E-state index in [1.165, 1.54) is 6.20 Å². The lowest BCUT2D eigenvalue weighted by molar-refractivity contribution is -0.141. The zero-order valence-electron chi connectivity index (χ0n) is 33.3. The van der Waals surface area contributed by atoms with E-state index in [0.29, 0.717) is 31.0 Å². The molecule has 2 aliphatic heterocycles. The minimum Gasteiger partial charge on any atom is -0.436 e. The van der Waals surface area contributed by atoms with Gasteiger partial charge in [-0.1, -0.05) is 92.7 Å². The summed E-state index contributed by atoms with van der Waals surface area (Å²) in [5, 5.41) is 10.3. The first-order valence-electron chi connectivity index (χ1n) is 20.3. The molecule has 2 unspecified atom stereocenters. The normalized spacial score (nSPS) is 17.7. The van der Waals surface area contributed by atoms with Gasteiger partial charge in [0.05, 0.1) is 47.8 Å². The Bertz CT molecular complexity index is 2340. The Kier molecular flexibility index (Phi) is 11.6.